The number of rotatable bonds is 8. The maximum absolute atomic E-state index is 13.6. The first-order valence-corrected chi connectivity index (χ1v) is 16.9. The fourth-order valence-corrected chi connectivity index (χ4v) is 8.09. The van der Waals surface area contributed by atoms with Crippen molar-refractivity contribution in [3.05, 3.63) is 42.0 Å². The zero-order valence-electron chi connectivity index (χ0n) is 24.5. The molecule has 5 rings (SSSR count). The second-order valence-electron chi connectivity index (χ2n) is 12.6. The van der Waals surface area contributed by atoms with E-state index >= 15 is 0 Å². The average molecular weight is 608 g/mol. The molecule has 2 radical (unpaired) electrons. The maximum Gasteiger partial charge on any atom is 0.243 e. The first-order valence-electron chi connectivity index (χ1n) is 14.6. The summed E-state index contributed by atoms with van der Waals surface area (Å²) < 4.78 is 28.4. The van der Waals surface area contributed by atoms with Crippen LogP contribution in [0.5, 0.6) is 0 Å². The molecule has 1 saturated carbocycles. The molecule has 1 aliphatic carbocycles. The van der Waals surface area contributed by atoms with E-state index in [2.05, 4.69) is 15.3 Å². The van der Waals surface area contributed by atoms with Crippen LogP contribution in [0.15, 0.2) is 41.3 Å². The minimum atomic E-state index is -3.73. The zero-order valence-corrected chi connectivity index (χ0v) is 26.1. The van der Waals surface area contributed by atoms with E-state index in [-0.39, 0.29) is 35.2 Å². The molecule has 0 bridgehead atoms. The highest BCUT2D eigenvalue weighted by atomic mass is 32.2. The number of pyridine rings is 1. The summed E-state index contributed by atoms with van der Waals surface area (Å²) in [4.78, 5) is 37.6. The van der Waals surface area contributed by atoms with E-state index in [1.807, 2.05) is 20.8 Å². The highest BCUT2D eigenvalue weighted by Crippen LogP contribution is 2.36. The van der Waals surface area contributed by atoms with Gasteiger partial charge in [0.15, 0.2) is 5.13 Å². The van der Waals surface area contributed by atoms with Crippen LogP contribution in [-0.2, 0) is 19.6 Å². The Hall–Kier alpha value is -2.83. The van der Waals surface area contributed by atoms with Gasteiger partial charge in [-0.15, -0.1) is 0 Å². The number of hydrogen-bond donors (Lipinski definition) is 1. The monoisotopic (exact) mass is 607 g/mol. The third kappa shape index (κ3) is 7.20. The van der Waals surface area contributed by atoms with Crippen molar-refractivity contribution in [2.75, 3.05) is 31.5 Å². The van der Waals surface area contributed by atoms with E-state index in [1.165, 1.54) is 15.6 Å². The Morgan fingerprint density at radius 2 is 1.69 bits per heavy atom. The molecule has 2 fully saturated rings. The molecule has 12 heteroatoms. The van der Waals surface area contributed by atoms with E-state index in [9.17, 15) is 18.0 Å². The molecular weight excluding hydrogens is 569 g/mol. The van der Waals surface area contributed by atoms with Gasteiger partial charge in [-0.25, -0.2) is 13.4 Å². The molecule has 3 heterocycles. The number of anilines is 1. The van der Waals surface area contributed by atoms with Crippen LogP contribution in [0.4, 0.5) is 5.13 Å². The number of thiazole rings is 1. The Morgan fingerprint density at radius 3 is 2.33 bits per heavy atom. The largest absolute Gasteiger partial charge is 0.340 e. The number of nitrogens with zero attached hydrogens (tertiary/aromatic N) is 4. The normalized spacial score (nSPS) is 17.9. The van der Waals surface area contributed by atoms with E-state index in [0.29, 0.717) is 52.9 Å². The van der Waals surface area contributed by atoms with E-state index in [4.69, 9.17) is 7.85 Å². The molecule has 42 heavy (non-hydrogen) atoms. The van der Waals surface area contributed by atoms with Crippen LogP contribution in [0, 0.1) is 11.3 Å². The van der Waals surface area contributed by atoms with Crippen LogP contribution in [0.2, 0.25) is 0 Å². The number of benzene rings is 1. The number of aromatic nitrogens is 2. The van der Waals surface area contributed by atoms with Gasteiger partial charge < -0.3 is 10.2 Å². The third-order valence-corrected chi connectivity index (χ3v) is 10.9. The molecule has 1 atom stereocenters. The molecule has 222 valence electrons. The predicted molar refractivity (Wildman–Crippen MR) is 167 cm³/mol. The Bertz CT molecular complexity index is 1540. The fourth-order valence-electron chi connectivity index (χ4n) is 5.82. The molecule has 2 aliphatic rings. The topological polar surface area (TPSA) is 113 Å². The van der Waals surface area contributed by atoms with Gasteiger partial charge in [0.05, 0.1) is 10.8 Å². The fraction of sp³-hybridized carbons (Fsp3) is 0.533. The summed E-state index contributed by atoms with van der Waals surface area (Å²) in [6.07, 6.45) is 5.63. The number of carbonyl (C=O) groups excluding carboxylic acids is 2. The number of sulfonamides is 1. The van der Waals surface area contributed by atoms with Crippen LogP contribution >= 0.6 is 11.3 Å². The van der Waals surface area contributed by atoms with Crippen molar-refractivity contribution >= 4 is 62.1 Å². The number of hydrogen-bond acceptors (Lipinski definition) is 7. The molecule has 0 spiro atoms. The van der Waals surface area contributed by atoms with Crippen LogP contribution in [-0.4, -0.2) is 73.4 Å². The lowest BCUT2D eigenvalue weighted by Gasteiger charge is -2.35. The van der Waals surface area contributed by atoms with Crippen molar-refractivity contribution in [1.82, 2.24) is 19.2 Å². The molecule has 1 N–H and O–H groups in total. The van der Waals surface area contributed by atoms with Crippen molar-refractivity contribution in [1.29, 1.82) is 0 Å². The smallest absolute Gasteiger partial charge is 0.243 e. The molecule has 3 aromatic rings. The number of amides is 2. The highest BCUT2D eigenvalue weighted by Gasteiger charge is 2.32. The lowest BCUT2D eigenvalue weighted by atomic mass is 9.87. The van der Waals surface area contributed by atoms with Crippen LogP contribution in [0.3, 0.4) is 0 Å². The third-order valence-electron chi connectivity index (χ3n) is 8.06. The summed E-state index contributed by atoms with van der Waals surface area (Å²) in [5.74, 6) is -0.104. The van der Waals surface area contributed by atoms with Crippen LogP contribution in [0.25, 0.3) is 10.3 Å². The molecule has 2 aromatic heterocycles. The van der Waals surface area contributed by atoms with Crippen molar-refractivity contribution in [2.24, 2.45) is 11.3 Å². The van der Waals surface area contributed by atoms with Crippen LogP contribution in [0.1, 0.15) is 70.8 Å². The van der Waals surface area contributed by atoms with Crippen molar-refractivity contribution in [3.8, 4) is 0 Å². The standard InChI is InChI=1S/C30H38BN5O4S2/c1-30(2,3)19-26(37)35-14-16-36(17-15-35)42(39,40)22-10-8-21(9-11-22)23(18-20-6-4-5-7-20)27(38)34-29-32-24-12-13-25(31)33-28(24)41-29/h8-13,20,23H,4-7,14-19H2,1-3H3,(H,32,34,38). The predicted octanol–water partition coefficient (Wildman–Crippen LogP) is 4.06. The summed E-state index contributed by atoms with van der Waals surface area (Å²) in [6, 6.07) is 10.2. The van der Waals surface area contributed by atoms with Crippen LogP contribution < -0.4 is 10.9 Å². The minimum Gasteiger partial charge on any atom is -0.340 e. The summed E-state index contributed by atoms with van der Waals surface area (Å²) in [7, 11) is 2.07. The Morgan fingerprint density at radius 1 is 1.02 bits per heavy atom. The lowest BCUT2D eigenvalue weighted by molar-refractivity contribution is -0.134. The average Bonchev–Trinajstić information content (AvgIpc) is 3.60. The number of piperazine rings is 1. The number of fused-ring (bicyclic) bond motifs is 1. The molecule has 9 nitrogen and oxygen atoms in total. The first kappa shape index (κ1) is 30.6. The van der Waals surface area contributed by atoms with Gasteiger partial charge in [-0.3, -0.25) is 14.6 Å². The number of carbonyl (C=O) groups is 2. The molecule has 1 aromatic carbocycles. The molecule has 1 unspecified atom stereocenters. The van der Waals surface area contributed by atoms with E-state index in [1.54, 1.807) is 41.3 Å². The first-order chi connectivity index (χ1) is 19.9. The van der Waals surface area contributed by atoms with Crippen molar-refractivity contribution in [2.45, 2.75) is 70.1 Å². The second-order valence-corrected chi connectivity index (χ2v) is 15.5. The van der Waals surface area contributed by atoms with Gasteiger partial charge in [-0.2, -0.15) is 4.31 Å². The van der Waals surface area contributed by atoms with Gasteiger partial charge in [-0.05, 0) is 53.2 Å². The van der Waals surface area contributed by atoms with Gasteiger partial charge in [-0.1, -0.05) is 69.9 Å². The SMILES string of the molecule is [B]c1ccc2nc(NC(=O)C(CC3CCCC3)c3ccc(S(=O)(=O)N4CCN(C(=O)CC(C)(C)C)CC4)cc3)sc2n1. The quantitative estimate of drug-likeness (QED) is 0.387. The second kappa shape index (κ2) is 12.4. The molecule has 2 amide bonds. The highest BCUT2D eigenvalue weighted by molar-refractivity contribution is 7.89. The van der Waals surface area contributed by atoms with Crippen molar-refractivity contribution in [3.63, 3.8) is 0 Å². The van der Waals surface area contributed by atoms with Gasteiger partial charge in [0, 0.05) is 32.6 Å². The molecular formula is C30H38BN5O4S2. The Kier molecular flexibility index (Phi) is 9.06. The van der Waals surface area contributed by atoms with E-state index in [0.717, 1.165) is 31.2 Å². The summed E-state index contributed by atoms with van der Waals surface area (Å²) in [6.45, 7) is 7.34. The molecule has 1 saturated heterocycles. The van der Waals surface area contributed by atoms with Gasteiger partial charge in [0.2, 0.25) is 21.8 Å². The van der Waals surface area contributed by atoms with E-state index < -0.39 is 15.9 Å². The van der Waals surface area contributed by atoms with Crippen molar-refractivity contribution < 1.29 is 18.0 Å². The Balaban J connectivity index is 1.29. The minimum absolute atomic E-state index is 0.0572. The lowest BCUT2D eigenvalue weighted by Crippen LogP contribution is -2.51. The summed E-state index contributed by atoms with van der Waals surface area (Å²) >= 11 is 1.28. The zero-order chi connectivity index (χ0) is 30.1. The number of nitrogens with one attached hydrogen (secondary N) is 1. The molecule has 1 aliphatic heterocycles. The van der Waals surface area contributed by atoms with Gasteiger partial charge in [0.25, 0.3) is 0 Å². The maximum atomic E-state index is 13.6. The Labute approximate surface area is 253 Å². The summed E-state index contributed by atoms with van der Waals surface area (Å²) in [5.41, 5.74) is 1.73. The van der Waals surface area contributed by atoms with Gasteiger partial charge in [0.1, 0.15) is 18.2 Å². The van der Waals surface area contributed by atoms with Gasteiger partial charge >= 0.3 is 0 Å². The summed E-state index contributed by atoms with van der Waals surface area (Å²) in [5, 5.41) is 3.44.